The van der Waals surface area contributed by atoms with Gasteiger partial charge >= 0.3 is 0 Å². The van der Waals surface area contributed by atoms with Gasteiger partial charge in [-0.05, 0) is 18.2 Å². The molecule has 0 bridgehead atoms. The molecule has 0 saturated carbocycles. The van der Waals surface area contributed by atoms with Crippen molar-refractivity contribution >= 4 is 11.6 Å². The molecule has 3 N–H and O–H groups in total. The molecule has 0 radical (unpaired) electrons. The maximum absolute atomic E-state index is 12.5. The van der Waals surface area contributed by atoms with Crippen LogP contribution in [0, 0.1) is 0 Å². The number of nitrogen functional groups attached to an aromatic ring is 1. The average molecular weight is 266 g/mol. The van der Waals surface area contributed by atoms with Gasteiger partial charge in [-0.3, -0.25) is 4.79 Å². The Balaban J connectivity index is 2.27. The van der Waals surface area contributed by atoms with Crippen molar-refractivity contribution in [2.75, 3.05) is 39.2 Å². The number of methoxy groups -OCH3 is 1. The third kappa shape index (κ3) is 2.80. The Hall–Kier alpha value is -1.79. The van der Waals surface area contributed by atoms with E-state index in [1.165, 1.54) is 7.11 Å². The molecule has 1 heterocycles. The number of anilines is 1. The lowest BCUT2D eigenvalue weighted by atomic mass is 10.1. The zero-order chi connectivity index (χ0) is 13.8. The lowest BCUT2D eigenvalue weighted by Gasteiger charge is -2.34. The van der Waals surface area contributed by atoms with Crippen molar-refractivity contribution in [3.05, 3.63) is 23.8 Å². The molecule has 1 aromatic carbocycles. The van der Waals surface area contributed by atoms with E-state index in [4.69, 9.17) is 15.2 Å². The second-order valence-electron chi connectivity index (χ2n) is 4.36. The van der Waals surface area contributed by atoms with Crippen LogP contribution < -0.4 is 10.5 Å². The molecule has 6 heteroatoms. The van der Waals surface area contributed by atoms with Crippen molar-refractivity contribution in [2.45, 2.75) is 6.04 Å². The Bertz CT molecular complexity index is 464. The number of hydrogen-bond acceptors (Lipinski definition) is 5. The van der Waals surface area contributed by atoms with Gasteiger partial charge in [0.15, 0.2) is 0 Å². The Labute approximate surface area is 111 Å². The quantitative estimate of drug-likeness (QED) is 0.759. The Morgan fingerprint density at radius 3 is 3.11 bits per heavy atom. The molecule has 1 unspecified atom stereocenters. The molecule has 2 rings (SSSR count). The molecule has 6 nitrogen and oxygen atoms in total. The van der Waals surface area contributed by atoms with Gasteiger partial charge in [0.1, 0.15) is 5.75 Å². The summed E-state index contributed by atoms with van der Waals surface area (Å²) in [6, 6.07) is 4.63. The van der Waals surface area contributed by atoms with E-state index in [0.717, 1.165) is 0 Å². The first kappa shape index (κ1) is 13.6. The highest BCUT2D eigenvalue weighted by Gasteiger charge is 2.28. The molecule has 0 spiro atoms. The molecular formula is C13H18N2O4. The molecule has 0 aliphatic carbocycles. The SMILES string of the molecule is COc1ccc(N)c(C(=O)N2CCOCC2CO)c1. The van der Waals surface area contributed by atoms with E-state index in [9.17, 15) is 9.90 Å². The van der Waals surface area contributed by atoms with Crippen LogP contribution in [0.25, 0.3) is 0 Å². The maximum Gasteiger partial charge on any atom is 0.256 e. The van der Waals surface area contributed by atoms with Gasteiger partial charge in [0, 0.05) is 12.2 Å². The number of amides is 1. The molecule has 1 fully saturated rings. The van der Waals surface area contributed by atoms with E-state index in [-0.39, 0.29) is 18.6 Å². The highest BCUT2D eigenvalue weighted by molar-refractivity contribution is 5.99. The van der Waals surface area contributed by atoms with Crippen LogP contribution in [0.15, 0.2) is 18.2 Å². The number of carbonyl (C=O) groups is 1. The fraction of sp³-hybridized carbons (Fsp3) is 0.462. The standard InChI is InChI=1S/C13H18N2O4/c1-18-10-2-3-12(14)11(6-10)13(17)15-4-5-19-8-9(15)7-16/h2-3,6,9,16H,4-5,7-8,14H2,1H3. The van der Waals surface area contributed by atoms with E-state index >= 15 is 0 Å². The number of hydrogen-bond donors (Lipinski definition) is 2. The number of aliphatic hydroxyl groups excluding tert-OH is 1. The van der Waals surface area contributed by atoms with Gasteiger partial charge in [-0.1, -0.05) is 0 Å². The molecule has 1 aliphatic heterocycles. The fourth-order valence-corrected chi connectivity index (χ4v) is 2.08. The van der Waals surface area contributed by atoms with Crippen molar-refractivity contribution in [2.24, 2.45) is 0 Å². The minimum Gasteiger partial charge on any atom is -0.497 e. The predicted molar refractivity (Wildman–Crippen MR) is 70.1 cm³/mol. The number of benzene rings is 1. The molecule has 104 valence electrons. The Morgan fingerprint density at radius 2 is 2.42 bits per heavy atom. The zero-order valence-corrected chi connectivity index (χ0v) is 10.8. The first-order chi connectivity index (χ1) is 9.17. The highest BCUT2D eigenvalue weighted by atomic mass is 16.5. The van der Waals surface area contributed by atoms with Crippen LogP contribution in [0.1, 0.15) is 10.4 Å². The minimum atomic E-state index is -0.327. The number of nitrogens with zero attached hydrogens (tertiary/aromatic N) is 1. The summed E-state index contributed by atoms with van der Waals surface area (Å²) in [7, 11) is 1.53. The summed E-state index contributed by atoms with van der Waals surface area (Å²) in [5.74, 6) is 0.366. The van der Waals surface area contributed by atoms with Gasteiger partial charge in [0.25, 0.3) is 5.91 Å². The smallest absolute Gasteiger partial charge is 0.256 e. The van der Waals surface area contributed by atoms with Gasteiger partial charge in [-0.2, -0.15) is 0 Å². The topological polar surface area (TPSA) is 85.0 Å². The monoisotopic (exact) mass is 266 g/mol. The number of aliphatic hydroxyl groups is 1. The Morgan fingerprint density at radius 1 is 1.63 bits per heavy atom. The van der Waals surface area contributed by atoms with E-state index in [1.54, 1.807) is 23.1 Å². The van der Waals surface area contributed by atoms with E-state index in [2.05, 4.69) is 0 Å². The summed E-state index contributed by atoms with van der Waals surface area (Å²) in [6.45, 7) is 1.12. The van der Waals surface area contributed by atoms with Gasteiger partial charge in [0.05, 0.1) is 38.5 Å². The predicted octanol–water partition coefficient (Wildman–Crippen LogP) is 0.111. The van der Waals surface area contributed by atoms with Gasteiger partial charge in [-0.25, -0.2) is 0 Å². The summed E-state index contributed by atoms with van der Waals surface area (Å²) in [5, 5.41) is 9.30. The summed E-state index contributed by atoms with van der Waals surface area (Å²) < 4.78 is 10.4. The lowest BCUT2D eigenvalue weighted by molar-refractivity contribution is -0.0183. The average Bonchev–Trinajstić information content (AvgIpc) is 2.47. The molecule has 1 saturated heterocycles. The number of carbonyl (C=O) groups excluding carboxylic acids is 1. The van der Waals surface area contributed by atoms with Crippen LogP contribution in [-0.4, -0.2) is 55.4 Å². The second-order valence-corrected chi connectivity index (χ2v) is 4.36. The van der Waals surface area contributed by atoms with Crippen molar-refractivity contribution in [1.82, 2.24) is 4.90 Å². The zero-order valence-electron chi connectivity index (χ0n) is 10.8. The highest BCUT2D eigenvalue weighted by Crippen LogP contribution is 2.22. The van der Waals surface area contributed by atoms with Crippen LogP contribution >= 0.6 is 0 Å². The molecular weight excluding hydrogens is 248 g/mol. The van der Waals surface area contributed by atoms with Gasteiger partial charge in [0.2, 0.25) is 0 Å². The van der Waals surface area contributed by atoms with E-state index in [1.807, 2.05) is 0 Å². The number of nitrogens with two attached hydrogens (primary N) is 1. The molecule has 1 atom stereocenters. The largest absolute Gasteiger partial charge is 0.497 e. The molecule has 0 aromatic heterocycles. The van der Waals surface area contributed by atoms with Crippen molar-refractivity contribution < 1.29 is 19.4 Å². The van der Waals surface area contributed by atoms with Crippen LogP contribution in [0.3, 0.4) is 0 Å². The first-order valence-corrected chi connectivity index (χ1v) is 6.10. The number of ether oxygens (including phenoxy) is 2. The van der Waals surface area contributed by atoms with Crippen LogP contribution in [0.5, 0.6) is 5.75 Å². The fourth-order valence-electron chi connectivity index (χ4n) is 2.08. The van der Waals surface area contributed by atoms with Crippen LogP contribution in [0.2, 0.25) is 0 Å². The third-order valence-electron chi connectivity index (χ3n) is 3.19. The van der Waals surface area contributed by atoms with Crippen LogP contribution in [-0.2, 0) is 4.74 Å². The van der Waals surface area contributed by atoms with Gasteiger partial charge < -0.3 is 25.2 Å². The molecule has 1 aliphatic rings. The van der Waals surface area contributed by atoms with E-state index < -0.39 is 0 Å². The molecule has 19 heavy (non-hydrogen) atoms. The lowest BCUT2D eigenvalue weighted by Crippen LogP contribution is -2.50. The Kier molecular flexibility index (Phi) is 4.24. The third-order valence-corrected chi connectivity index (χ3v) is 3.19. The first-order valence-electron chi connectivity index (χ1n) is 6.10. The van der Waals surface area contributed by atoms with Crippen molar-refractivity contribution in [3.8, 4) is 5.75 Å². The number of morpholine rings is 1. The summed E-state index contributed by atoms with van der Waals surface area (Å²) in [6.07, 6.45) is 0. The van der Waals surface area contributed by atoms with Crippen LogP contribution in [0.4, 0.5) is 5.69 Å². The maximum atomic E-state index is 12.5. The second kappa shape index (κ2) is 5.90. The normalized spacial score (nSPS) is 19.3. The number of rotatable bonds is 3. The molecule has 1 amide bonds. The van der Waals surface area contributed by atoms with Crippen molar-refractivity contribution in [3.63, 3.8) is 0 Å². The summed E-state index contributed by atoms with van der Waals surface area (Å²) >= 11 is 0. The van der Waals surface area contributed by atoms with E-state index in [0.29, 0.717) is 36.8 Å². The molecule has 1 aromatic rings. The summed E-state index contributed by atoms with van der Waals surface area (Å²) in [5.41, 5.74) is 6.63. The minimum absolute atomic E-state index is 0.129. The van der Waals surface area contributed by atoms with Crippen molar-refractivity contribution in [1.29, 1.82) is 0 Å². The summed E-state index contributed by atoms with van der Waals surface area (Å²) in [4.78, 5) is 14.1. The van der Waals surface area contributed by atoms with Gasteiger partial charge in [-0.15, -0.1) is 0 Å².